The second-order valence-corrected chi connectivity index (χ2v) is 6.78. The average molecular weight is 392 g/mol. The van der Waals surface area contributed by atoms with Crippen LogP contribution in [0.5, 0.6) is 0 Å². The maximum Gasteiger partial charge on any atom is 0.434 e. The van der Waals surface area contributed by atoms with Gasteiger partial charge in [0.05, 0.1) is 11.4 Å². The second-order valence-electron chi connectivity index (χ2n) is 5.94. The molecule has 0 radical (unpaired) electrons. The van der Waals surface area contributed by atoms with E-state index in [-0.39, 0.29) is 0 Å². The molecule has 10 heteroatoms. The van der Waals surface area contributed by atoms with Crippen molar-refractivity contribution in [2.45, 2.75) is 6.18 Å². The smallest absolute Gasteiger partial charge is 0.345 e. The van der Waals surface area contributed by atoms with Crippen molar-refractivity contribution in [1.29, 1.82) is 0 Å². The average Bonchev–Trinajstić information content (AvgIpc) is 3.20. The number of nitrogens with zero attached hydrogens (tertiary/aromatic N) is 6. The number of hydrogen-bond acceptors (Lipinski definition) is 7. The molecule has 0 N–H and O–H groups in total. The quantitative estimate of drug-likeness (QED) is 0.682. The van der Waals surface area contributed by atoms with E-state index >= 15 is 0 Å². The Morgan fingerprint density at radius 2 is 1.63 bits per heavy atom. The number of pyridine rings is 1. The summed E-state index contributed by atoms with van der Waals surface area (Å²) in [6.45, 7) is 2.32. The number of alkyl halides is 3. The third-order valence-corrected chi connectivity index (χ3v) is 5.09. The molecule has 4 rings (SSSR count). The Morgan fingerprint density at radius 3 is 2.30 bits per heavy atom. The fraction of sp³-hybridized carbons (Fsp3) is 0.294. The zero-order valence-corrected chi connectivity index (χ0v) is 14.9. The summed E-state index contributed by atoms with van der Waals surface area (Å²) >= 11 is 1.02. The lowest BCUT2D eigenvalue weighted by molar-refractivity contribution is -0.140. The van der Waals surface area contributed by atoms with Crippen LogP contribution >= 0.6 is 11.3 Å². The Balaban J connectivity index is 1.44. The summed E-state index contributed by atoms with van der Waals surface area (Å²) < 4.78 is 38.2. The summed E-state index contributed by atoms with van der Waals surface area (Å²) in [4.78, 5) is 20.8. The third-order valence-electron chi connectivity index (χ3n) is 4.19. The monoisotopic (exact) mass is 392 g/mol. The van der Waals surface area contributed by atoms with Crippen molar-refractivity contribution in [3.8, 4) is 11.4 Å². The van der Waals surface area contributed by atoms with Gasteiger partial charge < -0.3 is 9.80 Å². The summed E-state index contributed by atoms with van der Waals surface area (Å²) in [7, 11) is 0. The first-order valence-electron chi connectivity index (χ1n) is 8.28. The van der Waals surface area contributed by atoms with E-state index in [9.17, 15) is 13.2 Å². The van der Waals surface area contributed by atoms with Crippen molar-refractivity contribution in [2.24, 2.45) is 0 Å². The SMILES string of the molecule is FC(F)(F)c1csc(N2CCN(c3nccc(-c4ccccn4)n3)CC2)n1. The highest BCUT2D eigenvalue weighted by atomic mass is 32.1. The van der Waals surface area contributed by atoms with Crippen LogP contribution in [0.4, 0.5) is 24.3 Å². The molecule has 3 aromatic heterocycles. The minimum absolute atomic E-state index is 0.394. The Bertz CT molecular complexity index is 906. The second kappa shape index (κ2) is 7.10. The molecule has 0 bridgehead atoms. The van der Waals surface area contributed by atoms with Gasteiger partial charge in [-0.15, -0.1) is 11.3 Å². The Hall–Kier alpha value is -2.75. The predicted molar refractivity (Wildman–Crippen MR) is 96.8 cm³/mol. The maximum absolute atomic E-state index is 12.7. The number of halogens is 3. The van der Waals surface area contributed by atoms with Gasteiger partial charge in [0.2, 0.25) is 5.95 Å². The zero-order valence-electron chi connectivity index (χ0n) is 14.1. The van der Waals surface area contributed by atoms with Crippen LogP contribution in [0.3, 0.4) is 0 Å². The van der Waals surface area contributed by atoms with E-state index in [1.807, 2.05) is 28.0 Å². The molecule has 0 aliphatic carbocycles. The van der Waals surface area contributed by atoms with Crippen molar-refractivity contribution in [3.63, 3.8) is 0 Å². The van der Waals surface area contributed by atoms with E-state index in [1.165, 1.54) is 0 Å². The van der Waals surface area contributed by atoms with E-state index in [4.69, 9.17) is 0 Å². The molecule has 0 amide bonds. The largest absolute Gasteiger partial charge is 0.434 e. The van der Waals surface area contributed by atoms with E-state index in [0.717, 1.165) is 28.1 Å². The Morgan fingerprint density at radius 1 is 0.852 bits per heavy atom. The molecule has 140 valence electrons. The Kier molecular flexibility index (Phi) is 4.65. The molecular formula is C17H15F3N6S. The summed E-state index contributed by atoms with van der Waals surface area (Å²) in [6, 6.07) is 7.42. The summed E-state index contributed by atoms with van der Waals surface area (Å²) in [5.41, 5.74) is 0.663. The molecule has 1 saturated heterocycles. The van der Waals surface area contributed by atoms with E-state index < -0.39 is 11.9 Å². The maximum atomic E-state index is 12.7. The molecule has 1 aliphatic rings. The molecule has 0 saturated carbocycles. The lowest BCUT2D eigenvalue weighted by Crippen LogP contribution is -2.47. The first kappa shape index (κ1) is 17.7. The van der Waals surface area contributed by atoms with Crippen LogP contribution < -0.4 is 9.80 Å². The molecule has 1 aliphatic heterocycles. The fourth-order valence-corrected chi connectivity index (χ4v) is 3.68. The number of rotatable bonds is 3. The number of aromatic nitrogens is 4. The number of piperazine rings is 1. The minimum atomic E-state index is -4.41. The van der Waals surface area contributed by atoms with E-state index in [2.05, 4.69) is 19.9 Å². The van der Waals surface area contributed by atoms with Crippen LogP contribution in [-0.4, -0.2) is 46.1 Å². The molecular weight excluding hydrogens is 377 g/mol. The summed E-state index contributed by atoms with van der Waals surface area (Å²) in [5.74, 6) is 0.591. The molecule has 6 nitrogen and oxygen atoms in total. The molecule has 27 heavy (non-hydrogen) atoms. The molecule has 0 unspecified atom stereocenters. The molecule has 0 atom stereocenters. The highest BCUT2D eigenvalue weighted by Crippen LogP contribution is 2.33. The van der Waals surface area contributed by atoms with Crippen molar-refractivity contribution in [2.75, 3.05) is 36.0 Å². The lowest BCUT2D eigenvalue weighted by Gasteiger charge is -2.34. The number of thiazole rings is 1. The first-order valence-corrected chi connectivity index (χ1v) is 9.16. The molecule has 0 aromatic carbocycles. The van der Waals surface area contributed by atoms with Crippen LogP contribution in [-0.2, 0) is 6.18 Å². The van der Waals surface area contributed by atoms with Crippen LogP contribution in [0, 0.1) is 0 Å². The van der Waals surface area contributed by atoms with Crippen LogP contribution in [0.25, 0.3) is 11.4 Å². The molecule has 0 spiro atoms. The van der Waals surface area contributed by atoms with Gasteiger partial charge in [-0.25, -0.2) is 15.0 Å². The number of anilines is 2. The molecule has 1 fully saturated rings. The van der Waals surface area contributed by atoms with Gasteiger partial charge in [-0.3, -0.25) is 4.98 Å². The van der Waals surface area contributed by atoms with Gasteiger partial charge in [0.15, 0.2) is 10.8 Å². The summed E-state index contributed by atoms with van der Waals surface area (Å²) in [6.07, 6.45) is -1.01. The summed E-state index contributed by atoms with van der Waals surface area (Å²) in [5, 5.41) is 1.45. The Labute approximate surface area is 157 Å². The van der Waals surface area contributed by atoms with Crippen molar-refractivity contribution in [1.82, 2.24) is 19.9 Å². The van der Waals surface area contributed by atoms with Gasteiger partial charge in [-0.1, -0.05) is 6.07 Å². The zero-order chi connectivity index (χ0) is 18.9. The van der Waals surface area contributed by atoms with Crippen LogP contribution in [0.1, 0.15) is 5.69 Å². The van der Waals surface area contributed by atoms with Gasteiger partial charge in [0.1, 0.15) is 0 Å². The van der Waals surface area contributed by atoms with Crippen LogP contribution in [0.15, 0.2) is 42.0 Å². The van der Waals surface area contributed by atoms with Gasteiger partial charge >= 0.3 is 6.18 Å². The minimum Gasteiger partial charge on any atom is -0.345 e. The van der Waals surface area contributed by atoms with Gasteiger partial charge in [-0.2, -0.15) is 13.2 Å². The van der Waals surface area contributed by atoms with Crippen molar-refractivity contribution in [3.05, 3.63) is 47.7 Å². The van der Waals surface area contributed by atoms with Crippen molar-refractivity contribution < 1.29 is 13.2 Å². The highest BCUT2D eigenvalue weighted by Gasteiger charge is 2.34. The third kappa shape index (κ3) is 3.85. The highest BCUT2D eigenvalue weighted by molar-refractivity contribution is 7.13. The fourth-order valence-electron chi connectivity index (χ4n) is 2.80. The van der Waals surface area contributed by atoms with Crippen LogP contribution in [0.2, 0.25) is 0 Å². The lowest BCUT2D eigenvalue weighted by atomic mass is 10.2. The van der Waals surface area contributed by atoms with Gasteiger partial charge in [0.25, 0.3) is 0 Å². The van der Waals surface area contributed by atoms with E-state index in [1.54, 1.807) is 18.5 Å². The standard InChI is InChI=1S/C17H15F3N6S/c18-17(19,20)14-11-27-16(24-14)26-9-7-25(8-10-26)15-22-6-4-13(23-15)12-3-1-2-5-21-12/h1-6,11H,7-10H2. The molecule has 3 aromatic rings. The topological polar surface area (TPSA) is 58.0 Å². The first-order chi connectivity index (χ1) is 13.0. The predicted octanol–water partition coefficient (Wildman–Crippen LogP) is 3.34. The normalized spacial score (nSPS) is 15.2. The van der Waals surface area contributed by atoms with Crippen molar-refractivity contribution >= 4 is 22.4 Å². The van der Waals surface area contributed by atoms with E-state index in [0.29, 0.717) is 37.3 Å². The molecule has 4 heterocycles. The van der Waals surface area contributed by atoms with Gasteiger partial charge in [-0.05, 0) is 18.2 Å². The number of hydrogen-bond donors (Lipinski definition) is 0. The van der Waals surface area contributed by atoms with Gasteiger partial charge in [0, 0.05) is 44.0 Å².